The molecule has 1 unspecified atom stereocenters. The highest BCUT2D eigenvalue weighted by Gasteiger charge is 2.16. The predicted octanol–water partition coefficient (Wildman–Crippen LogP) is 3.25. The molecule has 3 heteroatoms. The first-order chi connectivity index (χ1) is 9.04. The van der Waals surface area contributed by atoms with Gasteiger partial charge in [0, 0.05) is 18.0 Å². The Hall–Kier alpha value is -1.35. The third-order valence-corrected chi connectivity index (χ3v) is 2.97. The van der Waals surface area contributed by atoms with Gasteiger partial charge in [0.05, 0.1) is 6.61 Å². The molecule has 106 valence electrons. The Labute approximate surface area is 116 Å². The van der Waals surface area contributed by atoms with Gasteiger partial charge in [-0.2, -0.15) is 0 Å². The van der Waals surface area contributed by atoms with Crippen molar-refractivity contribution in [1.29, 1.82) is 0 Å². The lowest BCUT2D eigenvalue weighted by molar-refractivity contribution is 0.0909. The van der Waals surface area contributed by atoms with Gasteiger partial charge in [0.1, 0.15) is 5.75 Å². The molecule has 0 bridgehead atoms. The van der Waals surface area contributed by atoms with Crippen LogP contribution in [0.1, 0.15) is 37.0 Å². The smallest absolute Gasteiger partial charge is 0.167 e. The highest BCUT2D eigenvalue weighted by atomic mass is 16.5. The maximum Gasteiger partial charge on any atom is 0.167 e. The number of carbonyl (C=O) groups excluding carboxylic acids is 1. The zero-order valence-corrected chi connectivity index (χ0v) is 12.5. The average molecular weight is 263 g/mol. The second-order valence-electron chi connectivity index (χ2n) is 5.26. The Balaban J connectivity index is 2.67. The minimum Gasteiger partial charge on any atom is -0.494 e. The van der Waals surface area contributed by atoms with E-state index in [1.165, 1.54) is 0 Å². The van der Waals surface area contributed by atoms with Crippen LogP contribution in [0.3, 0.4) is 0 Å². The SMILES string of the molecule is CCCCOc1cccc(C(=O)C(C)CN(C)C)c1. The normalized spacial score (nSPS) is 12.5. The molecule has 0 heterocycles. The lowest BCUT2D eigenvalue weighted by Crippen LogP contribution is -2.25. The quantitative estimate of drug-likeness (QED) is 0.532. The number of unbranched alkanes of at least 4 members (excludes halogenated alkanes) is 1. The predicted molar refractivity (Wildman–Crippen MR) is 78.9 cm³/mol. The van der Waals surface area contributed by atoms with Gasteiger partial charge in [-0.3, -0.25) is 4.79 Å². The van der Waals surface area contributed by atoms with Crippen molar-refractivity contribution in [3.8, 4) is 5.75 Å². The molecule has 0 aliphatic rings. The molecule has 0 fully saturated rings. The van der Waals surface area contributed by atoms with Crippen molar-refractivity contribution in [3.05, 3.63) is 29.8 Å². The lowest BCUT2D eigenvalue weighted by atomic mass is 9.99. The topological polar surface area (TPSA) is 29.5 Å². The van der Waals surface area contributed by atoms with Crippen LogP contribution in [0.15, 0.2) is 24.3 Å². The Morgan fingerprint density at radius 1 is 1.37 bits per heavy atom. The number of benzene rings is 1. The van der Waals surface area contributed by atoms with Gasteiger partial charge in [0.15, 0.2) is 5.78 Å². The minimum absolute atomic E-state index is 0.000826. The van der Waals surface area contributed by atoms with E-state index in [2.05, 4.69) is 6.92 Å². The molecule has 19 heavy (non-hydrogen) atoms. The standard InChI is InChI=1S/C16H25NO2/c1-5-6-10-19-15-9-7-8-14(11-15)16(18)13(2)12-17(3)4/h7-9,11,13H,5-6,10,12H2,1-4H3. The summed E-state index contributed by atoms with van der Waals surface area (Å²) in [6.07, 6.45) is 2.15. The van der Waals surface area contributed by atoms with E-state index >= 15 is 0 Å². The van der Waals surface area contributed by atoms with Crippen molar-refractivity contribution in [3.63, 3.8) is 0 Å². The molecule has 1 aromatic rings. The lowest BCUT2D eigenvalue weighted by Gasteiger charge is -2.16. The van der Waals surface area contributed by atoms with Gasteiger partial charge in [0.25, 0.3) is 0 Å². The molecule has 1 aromatic carbocycles. The molecule has 1 rings (SSSR count). The van der Waals surface area contributed by atoms with E-state index in [4.69, 9.17) is 4.74 Å². The van der Waals surface area contributed by atoms with E-state index < -0.39 is 0 Å². The molecule has 0 aliphatic heterocycles. The second-order valence-corrected chi connectivity index (χ2v) is 5.26. The van der Waals surface area contributed by atoms with Crippen LogP contribution in [0, 0.1) is 5.92 Å². The van der Waals surface area contributed by atoms with E-state index in [0.717, 1.165) is 30.7 Å². The Bertz CT molecular complexity index is 401. The summed E-state index contributed by atoms with van der Waals surface area (Å²) >= 11 is 0. The molecule has 3 nitrogen and oxygen atoms in total. The van der Waals surface area contributed by atoms with Crippen LogP contribution < -0.4 is 4.74 Å². The molecule has 0 spiro atoms. The average Bonchev–Trinajstić information content (AvgIpc) is 2.38. The monoisotopic (exact) mass is 263 g/mol. The Morgan fingerprint density at radius 3 is 2.74 bits per heavy atom. The molecular weight excluding hydrogens is 238 g/mol. The first kappa shape index (κ1) is 15.7. The van der Waals surface area contributed by atoms with Gasteiger partial charge in [-0.15, -0.1) is 0 Å². The highest BCUT2D eigenvalue weighted by Crippen LogP contribution is 2.17. The van der Waals surface area contributed by atoms with Crippen molar-refractivity contribution in [2.75, 3.05) is 27.2 Å². The van der Waals surface area contributed by atoms with Crippen LogP contribution in [0.4, 0.5) is 0 Å². The Morgan fingerprint density at radius 2 is 2.11 bits per heavy atom. The van der Waals surface area contributed by atoms with E-state index in [-0.39, 0.29) is 11.7 Å². The fourth-order valence-corrected chi connectivity index (χ4v) is 1.99. The maximum atomic E-state index is 12.3. The minimum atomic E-state index is 0.000826. The van der Waals surface area contributed by atoms with Gasteiger partial charge >= 0.3 is 0 Å². The summed E-state index contributed by atoms with van der Waals surface area (Å²) in [6.45, 7) is 5.57. The molecule has 0 aliphatic carbocycles. The summed E-state index contributed by atoms with van der Waals surface area (Å²) in [5.41, 5.74) is 0.739. The third kappa shape index (κ3) is 5.43. The zero-order valence-electron chi connectivity index (χ0n) is 12.5. The van der Waals surface area contributed by atoms with Gasteiger partial charge in [-0.1, -0.05) is 32.4 Å². The molecule has 0 amide bonds. The summed E-state index contributed by atoms with van der Waals surface area (Å²) < 4.78 is 5.64. The zero-order chi connectivity index (χ0) is 14.3. The van der Waals surface area contributed by atoms with Crippen LogP contribution in [-0.4, -0.2) is 37.9 Å². The van der Waals surface area contributed by atoms with Crippen molar-refractivity contribution >= 4 is 5.78 Å². The summed E-state index contributed by atoms with van der Waals surface area (Å²) in [5, 5.41) is 0. The van der Waals surface area contributed by atoms with E-state index in [1.807, 2.05) is 50.2 Å². The molecular formula is C16H25NO2. The van der Waals surface area contributed by atoms with Crippen molar-refractivity contribution < 1.29 is 9.53 Å². The van der Waals surface area contributed by atoms with E-state index in [9.17, 15) is 4.79 Å². The number of rotatable bonds is 8. The number of ketones is 1. The van der Waals surface area contributed by atoms with Crippen LogP contribution in [0.25, 0.3) is 0 Å². The van der Waals surface area contributed by atoms with E-state index in [0.29, 0.717) is 6.61 Å². The van der Waals surface area contributed by atoms with Crippen LogP contribution in [0.2, 0.25) is 0 Å². The Kier molecular flexibility index (Phi) is 6.57. The van der Waals surface area contributed by atoms with Crippen LogP contribution in [-0.2, 0) is 0 Å². The molecule has 0 aromatic heterocycles. The van der Waals surface area contributed by atoms with Gasteiger partial charge in [0.2, 0.25) is 0 Å². The number of ether oxygens (including phenoxy) is 1. The van der Waals surface area contributed by atoms with Gasteiger partial charge in [-0.05, 0) is 32.6 Å². The first-order valence-corrected chi connectivity index (χ1v) is 6.96. The molecule has 0 radical (unpaired) electrons. The highest BCUT2D eigenvalue weighted by molar-refractivity contribution is 5.98. The summed E-state index contributed by atoms with van der Waals surface area (Å²) in [4.78, 5) is 14.3. The van der Waals surface area contributed by atoms with Crippen molar-refractivity contribution in [2.45, 2.75) is 26.7 Å². The van der Waals surface area contributed by atoms with Crippen molar-refractivity contribution in [1.82, 2.24) is 4.90 Å². The van der Waals surface area contributed by atoms with Crippen LogP contribution >= 0.6 is 0 Å². The largest absolute Gasteiger partial charge is 0.494 e. The molecule has 0 saturated heterocycles. The fourth-order valence-electron chi connectivity index (χ4n) is 1.99. The second kappa shape index (κ2) is 7.95. The molecule has 0 N–H and O–H groups in total. The summed E-state index contributed by atoms with van der Waals surface area (Å²) in [7, 11) is 3.96. The third-order valence-electron chi connectivity index (χ3n) is 2.97. The summed E-state index contributed by atoms with van der Waals surface area (Å²) in [6, 6.07) is 7.51. The fraction of sp³-hybridized carbons (Fsp3) is 0.562. The molecule has 1 atom stereocenters. The molecule has 0 saturated carbocycles. The number of Topliss-reactive ketones (excluding diaryl/α,β-unsaturated/α-hetero) is 1. The maximum absolute atomic E-state index is 12.3. The van der Waals surface area contributed by atoms with Gasteiger partial charge in [-0.25, -0.2) is 0 Å². The number of carbonyl (C=O) groups is 1. The van der Waals surface area contributed by atoms with Crippen LogP contribution in [0.5, 0.6) is 5.75 Å². The number of hydrogen-bond donors (Lipinski definition) is 0. The van der Waals surface area contributed by atoms with Crippen molar-refractivity contribution in [2.24, 2.45) is 5.92 Å². The van der Waals surface area contributed by atoms with E-state index in [1.54, 1.807) is 0 Å². The summed E-state index contributed by atoms with van der Waals surface area (Å²) in [5.74, 6) is 0.965. The van der Waals surface area contributed by atoms with Gasteiger partial charge < -0.3 is 9.64 Å². The number of hydrogen-bond acceptors (Lipinski definition) is 3. The number of nitrogens with zero attached hydrogens (tertiary/aromatic N) is 1. The first-order valence-electron chi connectivity index (χ1n) is 6.96.